The first-order chi connectivity index (χ1) is 8.20. The van der Waals surface area contributed by atoms with Gasteiger partial charge < -0.3 is 15.0 Å². The standard InChI is InChI=1S/C11H19N3O3/c1-17-8-2-4-14(5-3-8)11(16)9-6-13-10(15)7-12-9/h8-9,12H,2-7H2,1H3,(H,13,15). The maximum Gasteiger partial charge on any atom is 0.241 e. The molecule has 0 spiro atoms. The molecule has 0 aliphatic carbocycles. The van der Waals surface area contributed by atoms with Gasteiger partial charge in [0.25, 0.3) is 0 Å². The number of ether oxygens (including phenoxy) is 1. The van der Waals surface area contributed by atoms with Crippen molar-refractivity contribution >= 4 is 11.8 Å². The molecule has 2 heterocycles. The predicted molar refractivity (Wildman–Crippen MR) is 61.4 cm³/mol. The normalized spacial score (nSPS) is 26.8. The van der Waals surface area contributed by atoms with Crippen molar-refractivity contribution in [3.63, 3.8) is 0 Å². The Morgan fingerprint density at radius 1 is 1.41 bits per heavy atom. The van der Waals surface area contributed by atoms with Crippen LogP contribution in [0.1, 0.15) is 12.8 Å². The molecule has 1 unspecified atom stereocenters. The van der Waals surface area contributed by atoms with Crippen LogP contribution in [-0.4, -0.2) is 62.1 Å². The number of nitrogens with one attached hydrogen (secondary N) is 2. The Morgan fingerprint density at radius 2 is 2.12 bits per heavy atom. The Labute approximate surface area is 101 Å². The Morgan fingerprint density at radius 3 is 2.65 bits per heavy atom. The smallest absolute Gasteiger partial charge is 0.241 e. The van der Waals surface area contributed by atoms with E-state index in [9.17, 15) is 9.59 Å². The fraction of sp³-hybridized carbons (Fsp3) is 0.818. The Balaban J connectivity index is 1.82. The van der Waals surface area contributed by atoms with E-state index in [2.05, 4.69) is 10.6 Å². The molecule has 2 amide bonds. The van der Waals surface area contributed by atoms with Crippen LogP contribution in [-0.2, 0) is 14.3 Å². The summed E-state index contributed by atoms with van der Waals surface area (Å²) in [4.78, 5) is 25.0. The Hall–Kier alpha value is -1.14. The number of amides is 2. The van der Waals surface area contributed by atoms with Crippen molar-refractivity contribution in [3.8, 4) is 0 Å². The second-order valence-electron chi connectivity index (χ2n) is 4.50. The second-order valence-corrected chi connectivity index (χ2v) is 4.50. The molecular weight excluding hydrogens is 222 g/mol. The molecule has 0 saturated carbocycles. The van der Waals surface area contributed by atoms with Gasteiger partial charge >= 0.3 is 0 Å². The van der Waals surface area contributed by atoms with Crippen LogP contribution in [0.3, 0.4) is 0 Å². The highest BCUT2D eigenvalue weighted by Crippen LogP contribution is 2.13. The van der Waals surface area contributed by atoms with Crippen LogP contribution in [0.15, 0.2) is 0 Å². The van der Waals surface area contributed by atoms with Gasteiger partial charge in [0.1, 0.15) is 6.04 Å². The van der Waals surface area contributed by atoms with Crippen LogP contribution in [0, 0.1) is 0 Å². The van der Waals surface area contributed by atoms with Crippen LogP contribution in [0.25, 0.3) is 0 Å². The number of hydrogen-bond donors (Lipinski definition) is 2. The van der Waals surface area contributed by atoms with E-state index in [4.69, 9.17) is 4.74 Å². The van der Waals surface area contributed by atoms with Crippen molar-refractivity contribution in [2.24, 2.45) is 0 Å². The summed E-state index contributed by atoms with van der Waals surface area (Å²) in [7, 11) is 1.71. The molecule has 0 aromatic carbocycles. The van der Waals surface area contributed by atoms with Crippen molar-refractivity contribution in [2.75, 3.05) is 33.3 Å². The van der Waals surface area contributed by atoms with Crippen LogP contribution < -0.4 is 10.6 Å². The zero-order valence-corrected chi connectivity index (χ0v) is 10.1. The SMILES string of the molecule is COC1CCN(C(=O)C2CNC(=O)CN2)CC1. The molecule has 2 fully saturated rings. The van der Waals surface area contributed by atoms with Gasteiger partial charge in [-0.25, -0.2) is 0 Å². The molecule has 2 aliphatic heterocycles. The van der Waals surface area contributed by atoms with Crippen molar-refractivity contribution < 1.29 is 14.3 Å². The maximum atomic E-state index is 12.1. The third-order valence-corrected chi connectivity index (χ3v) is 3.40. The Kier molecular flexibility index (Phi) is 3.96. The van der Waals surface area contributed by atoms with E-state index in [1.807, 2.05) is 4.90 Å². The summed E-state index contributed by atoms with van der Waals surface area (Å²) in [6.07, 6.45) is 2.06. The highest BCUT2D eigenvalue weighted by molar-refractivity contribution is 5.86. The van der Waals surface area contributed by atoms with E-state index < -0.39 is 0 Å². The molecule has 0 bridgehead atoms. The zero-order chi connectivity index (χ0) is 12.3. The molecule has 1 atom stereocenters. The molecular formula is C11H19N3O3. The summed E-state index contributed by atoms with van der Waals surface area (Å²) < 4.78 is 5.27. The number of hydrogen-bond acceptors (Lipinski definition) is 4. The van der Waals surface area contributed by atoms with E-state index in [1.165, 1.54) is 0 Å². The molecule has 96 valence electrons. The third kappa shape index (κ3) is 2.95. The monoisotopic (exact) mass is 241 g/mol. The molecule has 6 heteroatoms. The van der Waals surface area contributed by atoms with Crippen LogP contribution >= 0.6 is 0 Å². The number of rotatable bonds is 2. The number of carbonyl (C=O) groups excluding carboxylic acids is 2. The quantitative estimate of drug-likeness (QED) is 0.631. The summed E-state index contributed by atoms with van der Waals surface area (Å²) in [6.45, 7) is 2.10. The molecule has 2 rings (SSSR count). The molecule has 0 aromatic heterocycles. The number of piperidine rings is 1. The molecule has 2 N–H and O–H groups in total. The minimum absolute atomic E-state index is 0.0489. The van der Waals surface area contributed by atoms with Gasteiger partial charge in [0.05, 0.1) is 12.6 Å². The molecule has 2 aliphatic rings. The first kappa shape index (κ1) is 12.3. The van der Waals surface area contributed by atoms with Gasteiger partial charge in [-0.3, -0.25) is 14.9 Å². The number of piperazine rings is 1. The summed E-state index contributed by atoms with van der Waals surface area (Å²) >= 11 is 0. The van der Waals surface area contributed by atoms with E-state index in [0.717, 1.165) is 25.9 Å². The molecule has 6 nitrogen and oxygen atoms in total. The van der Waals surface area contributed by atoms with Crippen LogP contribution in [0.4, 0.5) is 0 Å². The lowest BCUT2D eigenvalue weighted by atomic mass is 10.1. The molecule has 0 aromatic rings. The number of likely N-dealkylation sites (tertiary alicyclic amines) is 1. The minimum Gasteiger partial charge on any atom is -0.381 e. The third-order valence-electron chi connectivity index (χ3n) is 3.40. The van der Waals surface area contributed by atoms with E-state index in [0.29, 0.717) is 6.54 Å². The van der Waals surface area contributed by atoms with Gasteiger partial charge in [-0.05, 0) is 12.8 Å². The number of nitrogens with zero attached hydrogens (tertiary/aromatic N) is 1. The molecule has 2 saturated heterocycles. The van der Waals surface area contributed by atoms with Crippen molar-refractivity contribution in [1.29, 1.82) is 0 Å². The lowest BCUT2D eigenvalue weighted by Gasteiger charge is -2.34. The topological polar surface area (TPSA) is 70.7 Å². The van der Waals surface area contributed by atoms with Crippen molar-refractivity contribution in [2.45, 2.75) is 25.0 Å². The Bertz CT molecular complexity index is 290. The maximum absolute atomic E-state index is 12.1. The highest BCUT2D eigenvalue weighted by atomic mass is 16.5. The van der Waals surface area contributed by atoms with E-state index in [1.54, 1.807) is 7.11 Å². The van der Waals surface area contributed by atoms with Crippen molar-refractivity contribution in [1.82, 2.24) is 15.5 Å². The van der Waals surface area contributed by atoms with Gasteiger partial charge in [0.2, 0.25) is 11.8 Å². The van der Waals surface area contributed by atoms with E-state index >= 15 is 0 Å². The van der Waals surface area contributed by atoms with E-state index in [-0.39, 0.29) is 30.5 Å². The first-order valence-corrected chi connectivity index (χ1v) is 6.02. The molecule has 17 heavy (non-hydrogen) atoms. The van der Waals surface area contributed by atoms with Crippen LogP contribution in [0.5, 0.6) is 0 Å². The highest BCUT2D eigenvalue weighted by Gasteiger charge is 2.30. The number of carbonyl (C=O) groups is 2. The summed E-state index contributed by atoms with van der Waals surface area (Å²) in [5.74, 6) is 0.0340. The first-order valence-electron chi connectivity index (χ1n) is 6.02. The van der Waals surface area contributed by atoms with Gasteiger partial charge in [-0.2, -0.15) is 0 Å². The molecule has 0 radical (unpaired) electrons. The fourth-order valence-electron chi connectivity index (χ4n) is 2.27. The summed E-state index contributed by atoms with van der Waals surface area (Å²) in [5.41, 5.74) is 0. The van der Waals surface area contributed by atoms with Crippen LogP contribution in [0.2, 0.25) is 0 Å². The number of methoxy groups -OCH3 is 1. The average molecular weight is 241 g/mol. The van der Waals surface area contributed by atoms with Crippen molar-refractivity contribution in [3.05, 3.63) is 0 Å². The van der Waals surface area contributed by atoms with Gasteiger partial charge in [-0.1, -0.05) is 0 Å². The zero-order valence-electron chi connectivity index (χ0n) is 10.1. The lowest BCUT2D eigenvalue weighted by Crippen LogP contribution is -2.59. The fourth-order valence-corrected chi connectivity index (χ4v) is 2.27. The predicted octanol–water partition coefficient (Wildman–Crippen LogP) is -1.29. The average Bonchev–Trinajstić information content (AvgIpc) is 2.39. The van der Waals surface area contributed by atoms with Gasteiger partial charge in [0.15, 0.2) is 0 Å². The summed E-state index contributed by atoms with van der Waals surface area (Å²) in [5, 5.41) is 5.66. The van der Waals surface area contributed by atoms with Gasteiger partial charge in [0, 0.05) is 26.7 Å². The lowest BCUT2D eigenvalue weighted by molar-refractivity contribution is -0.137. The largest absolute Gasteiger partial charge is 0.381 e. The minimum atomic E-state index is -0.271. The second kappa shape index (κ2) is 5.46. The van der Waals surface area contributed by atoms with Gasteiger partial charge in [-0.15, -0.1) is 0 Å². The summed E-state index contributed by atoms with van der Waals surface area (Å²) in [6, 6.07) is -0.271.